The molecule has 5 heteroatoms. The maximum atomic E-state index is 13.1. The number of carbonyl (C=O) groups is 1. The van der Waals surface area contributed by atoms with E-state index in [2.05, 4.69) is 0 Å². The highest BCUT2D eigenvalue weighted by atomic mass is 19.1. The first-order chi connectivity index (χ1) is 6.50. The van der Waals surface area contributed by atoms with E-state index in [1.165, 1.54) is 6.07 Å². The van der Waals surface area contributed by atoms with Gasteiger partial charge in [-0.2, -0.15) is 0 Å². The zero-order chi connectivity index (χ0) is 10.7. The number of nitrogens with two attached hydrogens (primary N) is 2. The van der Waals surface area contributed by atoms with Crippen LogP contribution in [0.25, 0.3) is 0 Å². The smallest absolute Gasteiger partial charge is 0.255 e. The maximum absolute atomic E-state index is 13.1. The zero-order valence-electron chi connectivity index (χ0n) is 7.71. The Morgan fingerprint density at radius 2 is 2.21 bits per heavy atom. The molecule has 1 amide bonds. The molecule has 0 spiro atoms. The van der Waals surface area contributed by atoms with Crippen molar-refractivity contribution in [3.8, 4) is 5.75 Å². The number of rotatable bonds is 3. The van der Waals surface area contributed by atoms with Crippen LogP contribution in [0.3, 0.4) is 0 Å². The molecule has 0 unspecified atom stereocenters. The standard InChI is InChI=1S/C9H11FN2O2/c1-5-2-8(14-4-9(12)13)6(10)3-7(5)11/h2-3H,4,11H2,1H3,(H2,12,13). The molecule has 1 aromatic rings. The number of hydrogen-bond acceptors (Lipinski definition) is 3. The molecule has 1 aromatic carbocycles. The third kappa shape index (κ3) is 2.35. The molecule has 0 atom stereocenters. The van der Waals surface area contributed by atoms with Crippen molar-refractivity contribution in [3.63, 3.8) is 0 Å². The number of halogens is 1. The van der Waals surface area contributed by atoms with Crippen LogP contribution >= 0.6 is 0 Å². The van der Waals surface area contributed by atoms with Gasteiger partial charge in [0.1, 0.15) is 0 Å². The number of carbonyl (C=O) groups excluding carboxylic acids is 1. The fourth-order valence-electron chi connectivity index (χ4n) is 0.930. The molecular formula is C9H11FN2O2. The van der Waals surface area contributed by atoms with Crippen molar-refractivity contribution in [2.45, 2.75) is 6.92 Å². The van der Waals surface area contributed by atoms with Crippen LogP contribution in [0.4, 0.5) is 10.1 Å². The lowest BCUT2D eigenvalue weighted by atomic mass is 10.2. The number of benzene rings is 1. The molecule has 0 bridgehead atoms. The number of hydrogen-bond donors (Lipinski definition) is 2. The van der Waals surface area contributed by atoms with Crippen LogP contribution in [0, 0.1) is 12.7 Å². The number of ether oxygens (including phenoxy) is 1. The Balaban J connectivity index is 2.87. The van der Waals surface area contributed by atoms with Gasteiger partial charge in [-0.1, -0.05) is 0 Å². The summed E-state index contributed by atoms with van der Waals surface area (Å²) in [5.74, 6) is -1.27. The van der Waals surface area contributed by atoms with Crippen molar-refractivity contribution in [3.05, 3.63) is 23.5 Å². The minimum atomic E-state index is -0.654. The average molecular weight is 198 g/mol. The Morgan fingerprint density at radius 1 is 1.57 bits per heavy atom. The molecule has 0 fully saturated rings. The highest BCUT2D eigenvalue weighted by Crippen LogP contribution is 2.23. The Morgan fingerprint density at radius 3 is 2.79 bits per heavy atom. The molecule has 14 heavy (non-hydrogen) atoms. The van der Waals surface area contributed by atoms with E-state index in [-0.39, 0.29) is 12.4 Å². The summed E-state index contributed by atoms with van der Waals surface area (Å²) in [7, 11) is 0. The number of amides is 1. The molecule has 0 aromatic heterocycles. The summed E-state index contributed by atoms with van der Waals surface area (Å²) in [5, 5.41) is 0. The lowest BCUT2D eigenvalue weighted by Gasteiger charge is -2.07. The number of aryl methyl sites for hydroxylation is 1. The first-order valence-corrected chi connectivity index (χ1v) is 3.97. The van der Waals surface area contributed by atoms with E-state index < -0.39 is 11.7 Å². The fraction of sp³-hybridized carbons (Fsp3) is 0.222. The van der Waals surface area contributed by atoms with Gasteiger partial charge in [-0.3, -0.25) is 4.79 Å². The zero-order valence-corrected chi connectivity index (χ0v) is 7.71. The third-order valence-corrected chi connectivity index (χ3v) is 1.69. The summed E-state index contributed by atoms with van der Waals surface area (Å²) < 4.78 is 18.0. The summed E-state index contributed by atoms with van der Waals surface area (Å²) >= 11 is 0. The van der Waals surface area contributed by atoms with Crippen LogP contribution in [-0.4, -0.2) is 12.5 Å². The summed E-state index contributed by atoms with van der Waals surface area (Å²) in [4.78, 5) is 10.4. The monoisotopic (exact) mass is 198 g/mol. The second-order valence-electron chi connectivity index (χ2n) is 2.89. The minimum Gasteiger partial charge on any atom is -0.481 e. The van der Waals surface area contributed by atoms with Gasteiger partial charge >= 0.3 is 0 Å². The van der Waals surface area contributed by atoms with E-state index in [1.807, 2.05) is 0 Å². The largest absolute Gasteiger partial charge is 0.481 e. The van der Waals surface area contributed by atoms with Gasteiger partial charge in [-0.25, -0.2) is 4.39 Å². The highest BCUT2D eigenvalue weighted by molar-refractivity contribution is 5.75. The minimum absolute atomic E-state index is 0.0181. The highest BCUT2D eigenvalue weighted by Gasteiger charge is 2.07. The SMILES string of the molecule is Cc1cc(OCC(N)=O)c(F)cc1N. The van der Waals surface area contributed by atoms with Gasteiger partial charge in [-0.15, -0.1) is 0 Å². The second-order valence-corrected chi connectivity index (χ2v) is 2.89. The predicted octanol–water partition coefficient (Wildman–Crippen LogP) is 0.580. The van der Waals surface area contributed by atoms with Gasteiger partial charge in [0.05, 0.1) is 0 Å². The molecule has 0 aliphatic carbocycles. The van der Waals surface area contributed by atoms with Gasteiger partial charge in [-0.05, 0) is 18.6 Å². The Kier molecular flexibility index (Phi) is 2.91. The molecule has 0 heterocycles. The number of primary amides is 1. The second kappa shape index (κ2) is 3.95. The van der Waals surface area contributed by atoms with E-state index >= 15 is 0 Å². The van der Waals surface area contributed by atoms with Gasteiger partial charge in [0.25, 0.3) is 5.91 Å². The van der Waals surface area contributed by atoms with Crippen molar-refractivity contribution in [1.29, 1.82) is 0 Å². The molecule has 0 saturated carbocycles. The van der Waals surface area contributed by atoms with Crippen LogP contribution in [0.5, 0.6) is 5.75 Å². The summed E-state index contributed by atoms with van der Waals surface area (Å²) in [5.41, 5.74) is 11.3. The fourth-order valence-corrected chi connectivity index (χ4v) is 0.930. The molecule has 0 saturated heterocycles. The van der Waals surface area contributed by atoms with Crippen LogP contribution < -0.4 is 16.2 Å². The third-order valence-electron chi connectivity index (χ3n) is 1.69. The molecule has 1 rings (SSSR count). The van der Waals surface area contributed by atoms with E-state index in [0.717, 1.165) is 6.07 Å². The van der Waals surface area contributed by atoms with Crippen LogP contribution in [0.1, 0.15) is 5.56 Å². The van der Waals surface area contributed by atoms with Crippen molar-refractivity contribution in [2.75, 3.05) is 12.3 Å². The van der Waals surface area contributed by atoms with Crippen molar-refractivity contribution in [2.24, 2.45) is 5.73 Å². The van der Waals surface area contributed by atoms with Crippen molar-refractivity contribution in [1.82, 2.24) is 0 Å². The normalized spacial score (nSPS) is 9.86. The predicted molar refractivity (Wildman–Crippen MR) is 50.2 cm³/mol. The molecule has 0 aliphatic heterocycles. The quantitative estimate of drug-likeness (QED) is 0.697. The molecule has 76 valence electrons. The molecular weight excluding hydrogens is 187 g/mol. The molecule has 0 radical (unpaired) electrons. The Labute approximate surface area is 80.6 Å². The first-order valence-electron chi connectivity index (χ1n) is 3.97. The molecule has 0 aliphatic rings. The van der Waals surface area contributed by atoms with Gasteiger partial charge in [0, 0.05) is 11.8 Å². The van der Waals surface area contributed by atoms with Crippen molar-refractivity contribution >= 4 is 11.6 Å². The van der Waals surface area contributed by atoms with Crippen LogP contribution in [0.2, 0.25) is 0 Å². The van der Waals surface area contributed by atoms with Gasteiger partial charge in [0.15, 0.2) is 18.2 Å². The molecule has 4 nitrogen and oxygen atoms in total. The Bertz CT molecular complexity index is 366. The topological polar surface area (TPSA) is 78.3 Å². The summed E-state index contributed by atoms with van der Waals surface area (Å²) in [6.45, 7) is 1.37. The molecule has 4 N–H and O–H groups in total. The first kappa shape index (κ1) is 10.3. The lowest BCUT2D eigenvalue weighted by Crippen LogP contribution is -2.20. The Hall–Kier alpha value is -1.78. The van der Waals surface area contributed by atoms with E-state index in [0.29, 0.717) is 11.3 Å². The van der Waals surface area contributed by atoms with Crippen LogP contribution in [-0.2, 0) is 4.79 Å². The number of anilines is 1. The lowest BCUT2D eigenvalue weighted by molar-refractivity contribution is -0.120. The van der Waals surface area contributed by atoms with Crippen LogP contribution in [0.15, 0.2) is 12.1 Å². The van der Waals surface area contributed by atoms with Crippen molar-refractivity contribution < 1.29 is 13.9 Å². The summed E-state index contributed by atoms with van der Waals surface area (Å²) in [6, 6.07) is 2.57. The van der Waals surface area contributed by atoms with E-state index in [4.69, 9.17) is 16.2 Å². The van der Waals surface area contributed by atoms with Gasteiger partial charge < -0.3 is 16.2 Å². The van der Waals surface area contributed by atoms with Gasteiger partial charge in [0.2, 0.25) is 0 Å². The number of nitrogen functional groups attached to an aromatic ring is 1. The average Bonchev–Trinajstić information content (AvgIpc) is 2.09. The van der Waals surface area contributed by atoms with E-state index in [1.54, 1.807) is 6.92 Å². The van der Waals surface area contributed by atoms with E-state index in [9.17, 15) is 9.18 Å². The summed E-state index contributed by atoms with van der Waals surface area (Å²) in [6.07, 6.45) is 0. The maximum Gasteiger partial charge on any atom is 0.255 e.